The van der Waals surface area contributed by atoms with Crippen LogP contribution in [0, 0.1) is 12.7 Å². The van der Waals surface area contributed by atoms with Crippen LogP contribution in [-0.2, 0) is 6.54 Å². The second-order valence-electron chi connectivity index (χ2n) is 4.20. The number of hydrogen-bond donors (Lipinski definition) is 2. The number of nitrogens with two attached hydrogens (primary N) is 1. The number of aliphatic imine (C=N–C) groups is 1. The second-order valence-corrected chi connectivity index (χ2v) is 4.20. The molecule has 0 amide bonds. The van der Waals surface area contributed by atoms with Crippen LogP contribution >= 0.6 is 24.0 Å². The molecule has 0 aliphatic heterocycles. The van der Waals surface area contributed by atoms with Gasteiger partial charge in [0.2, 0.25) is 0 Å². The van der Waals surface area contributed by atoms with Gasteiger partial charge in [0.05, 0.1) is 6.54 Å². The first kappa shape index (κ1) is 14.2. The summed E-state index contributed by atoms with van der Waals surface area (Å²) in [6.45, 7) is 2.24. The van der Waals surface area contributed by atoms with E-state index in [4.69, 9.17) is 5.73 Å². The Morgan fingerprint density at radius 1 is 1.53 bits per heavy atom. The molecule has 1 aromatic rings. The molecule has 3 nitrogen and oxygen atoms in total. The average molecular weight is 349 g/mol. The summed E-state index contributed by atoms with van der Waals surface area (Å²) >= 11 is 0. The van der Waals surface area contributed by atoms with E-state index in [1.54, 1.807) is 19.1 Å². The van der Waals surface area contributed by atoms with Crippen LogP contribution in [0.4, 0.5) is 4.39 Å². The van der Waals surface area contributed by atoms with Crippen LogP contribution in [0.2, 0.25) is 0 Å². The lowest BCUT2D eigenvalue weighted by Crippen LogP contribution is -2.33. The fraction of sp³-hybridized carbons (Fsp3) is 0.417. The summed E-state index contributed by atoms with van der Waals surface area (Å²) in [4.78, 5) is 4.21. The van der Waals surface area contributed by atoms with Gasteiger partial charge in [0.1, 0.15) is 5.82 Å². The molecule has 3 N–H and O–H groups in total. The largest absolute Gasteiger partial charge is 0.370 e. The zero-order valence-corrected chi connectivity index (χ0v) is 12.1. The molecule has 5 heteroatoms. The maximum atomic E-state index is 13.0. The van der Waals surface area contributed by atoms with Crippen molar-refractivity contribution in [3.8, 4) is 0 Å². The summed E-state index contributed by atoms with van der Waals surface area (Å²) < 4.78 is 13.0. The number of benzene rings is 1. The molecule has 1 fully saturated rings. The topological polar surface area (TPSA) is 50.4 Å². The standard InChI is InChI=1S/C12H16FN3.HI/c1-8-6-9(2-5-11(8)13)7-15-12(14)16-10-3-4-10;/h2,5-6,10H,3-4,7H2,1H3,(H3,14,15,16);1H. The Morgan fingerprint density at radius 2 is 2.24 bits per heavy atom. The molecular formula is C12H17FIN3. The van der Waals surface area contributed by atoms with Crippen molar-refractivity contribution in [3.63, 3.8) is 0 Å². The Morgan fingerprint density at radius 3 is 2.82 bits per heavy atom. The molecule has 1 aliphatic carbocycles. The molecule has 17 heavy (non-hydrogen) atoms. The van der Waals surface area contributed by atoms with Crippen LogP contribution in [0.15, 0.2) is 23.2 Å². The Labute approximate surface area is 118 Å². The van der Waals surface area contributed by atoms with Gasteiger partial charge in [-0.2, -0.15) is 0 Å². The highest BCUT2D eigenvalue weighted by Crippen LogP contribution is 2.18. The van der Waals surface area contributed by atoms with Gasteiger partial charge in [0, 0.05) is 6.04 Å². The maximum Gasteiger partial charge on any atom is 0.189 e. The SMILES string of the molecule is Cc1cc(CN=C(N)NC2CC2)ccc1F.I. The molecule has 0 atom stereocenters. The van der Waals surface area contributed by atoms with Crippen molar-refractivity contribution in [1.82, 2.24) is 5.32 Å². The van der Waals surface area contributed by atoms with Gasteiger partial charge >= 0.3 is 0 Å². The quantitative estimate of drug-likeness (QED) is 0.500. The summed E-state index contributed by atoms with van der Waals surface area (Å²) in [5.74, 6) is 0.293. The zero-order valence-electron chi connectivity index (χ0n) is 9.74. The van der Waals surface area contributed by atoms with Crippen LogP contribution in [0.25, 0.3) is 0 Å². The van der Waals surface area contributed by atoms with E-state index in [0.717, 1.165) is 5.56 Å². The predicted molar refractivity (Wildman–Crippen MR) is 78.0 cm³/mol. The monoisotopic (exact) mass is 349 g/mol. The molecule has 0 spiro atoms. The van der Waals surface area contributed by atoms with Gasteiger partial charge in [0.15, 0.2) is 5.96 Å². The van der Waals surface area contributed by atoms with E-state index in [1.807, 2.05) is 0 Å². The summed E-state index contributed by atoms with van der Waals surface area (Å²) in [6, 6.07) is 5.50. The van der Waals surface area contributed by atoms with E-state index in [2.05, 4.69) is 10.3 Å². The summed E-state index contributed by atoms with van der Waals surface area (Å²) in [5.41, 5.74) is 7.31. The highest BCUT2D eigenvalue weighted by Gasteiger charge is 2.21. The first-order valence-corrected chi connectivity index (χ1v) is 5.46. The van der Waals surface area contributed by atoms with Gasteiger partial charge in [-0.05, 0) is 37.0 Å². The van der Waals surface area contributed by atoms with Crippen LogP contribution in [0.1, 0.15) is 24.0 Å². The minimum atomic E-state index is -0.184. The van der Waals surface area contributed by atoms with Crippen molar-refractivity contribution in [2.24, 2.45) is 10.7 Å². The summed E-state index contributed by atoms with van der Waals surface area (Å²) in [5, 5.41) is 3.10. The third kappa shape index (κ3) is 4.49. The van der Waals surface area contributed by atoms with Crippen molar-refractivity contribution in [1.29, 1.82) is 0 Å². The molecule has 1 aliphatic rings. The third-order valence-corrected chi connectivity index (χ3v) is 2.58. The third-order valence-electron chi connectivity index (χ3n) is 2.58. The Hall–Kier alpha value is -0.850. The van der Waals surface area contributed by atoms with Crippen molar-refractivity contribution in [3.05, 3.63) is 35.1 Å². The van der Waals surface area contributed by atoms with E-state index in [1.165, 1.54) is 18.9 Å². The van der Waals surface area contributed by atoms with E-state index >= 15 is 0 Å². The molecule has 0 heterocycles. The predicted octanol–water partition coefficient (Wildman–Crippen LogP) is 2.32. The molecule has 2 rings (SSSR count). The molecule has 0 saturated heterocycles. The number of rotatable bonds is 3. The second kappa shape index (κ2) is 6.18. The van der Waals surface area contributed by atoms with Crippen LogP contribution in [-0.4, -0.2) is 12.0 Å². The molecule has 0 bridgehead atoms. The minimum absolute atomic E-state index is 0. The van der Waals surface area contributed by atoms with Crippen molar-refractivity contribution in [2.75, 3.05) is 0 Å². The van der Waals surface area contributed by atoms with Gasteiger partial charge in [-0.1, -0.05) is 12.1 Å². The minimum Gasteiger partial charge on any atom is -0.370 e. The van der Waals surface area contributed by atoms with Crippen LogP contribution < -0.4 is 11.1 Å². The van der Waals surface area contributed by atoms with Crippen molar-refractivity contribution in [2.45, 2.75) is 32.4 Å². The molecule has 1 saturated carbocycles. The van der Waals surface area contributed by atoms with Crippen LogP contribution in [0.3, 0.4) is 0 Å². The number of nitrogens with one attached hydrogen (secondary N) is 1. The van der Waals surface area contributed by atoms with E-state index < -0.39 is 0 Å². The first-order chi connectivity index (χ1) is 7.65. The van der Waals surface area contributed by atoms with Crippen molar-refractivity contribution >= 4 is 29.9 Å². The lowest BCUT2D eigenvalue weighted by atomic mass is 10.1. The van der Waals surface area contributed by atoms with Crippen molar-refractivity contribution < 1.29 is 4.39 Å². The normalized spacial score (nSPS) is 15.3. The Kier molecular flexibility index (Phi) is 5.17. The summed E-state index contributed by atoms with van der Waals surface area (Å²) in [6.07, 6.45) is 2.34. The number of hydrogen-bond acceptors (Lipinski definition) is 1. The van der Waals surface area contributed by atoms with Crippen LogP contribution in [0.5, 0.6) is 0 Å². The number of nitrogens with zero attached hydrogens (tertiary/aromatic N) is 1. The molecule has 0 unspecified atom stereocenters. The maximum absolute atomic E-state index is 13.0. The van der Waals surface area contributed by atoms with Gasteiger partial charge < -0.3 is 11.1 Å². The molecular weight excluding hydrogens is 332 g/mol. The number of aryl methyl sites for hydroxylation is 1. The average Bonchev–Trinajstić information content (AvgIpc) is 3.04. The lowest BCUT2D eigenvalue weighted by Gasteiger charge is -2.04. The molecule has 0 radical (unpaired) electrons. The summed E-state index contributed by atoms with van der Waals surface area (Å²) in [7, 11) is 0. The Bertz CT molecular complexity index is 416. The number of guanidine groups is 1. The van der Waals surface area contributed by atoms with E-state index in [0.29, 0.717) is 24.1 Å². The molecule has 0 aromatic heterocycles. The molecule has 1 aromatic carbocycles. The van der Waals surface area contributed by atoms with E-state index in [9.17, 15) is 4.39 Å². The Balaban J connectivity index is 0.00000144. The van der Waals surface area contributed by atoms with Gasteiger partial charge in [-0.25, -0.2) is 9.38 Å². The fourth-order valence-corrected chi connectivity index (χ4v) is 1.46. The highest BCUT2D eigenvalue weighted by atomic mass is 127. The van der Waals surface area contributed by atoms with Gasteiger partial charge in [-0.15, -0.1) is 24.0 Å². The number of halogens is 2. The first-order valence-electron chi connectivity index (χ1n) is 5.46. The molecule has 94 valence electrons. The van der Waals surface area contributed by atoms with Gasteiger partial charge in [-0.3, -0.25) is 0 Å². The smallest absolute Gasteiger partial charge is 0.189 e. The zero-order chi connectivity index (χ0) is 11.5. The van der Waals surface area contributed by atoms with Gasteiger partial charge in [0.25, 0.3) is 0 Å². The van der Waals surface area contributed by atoms with E-state index in [-0.39, 0.29) is 29.8 Å². The lowest BCUT2D eigenvalue weighted by molar-refractivity contribution is 0.617. The fourth-order valence-electron chi connectivity index (χ4n) is 1.46. The highest BCUT2D eigenvalue weighted by molar-refractivity contribution is 14.0.